The van der Waals surface area contributed by atoms with Crippen LogP contribution in [-0.2, 0) is 24.1 Å². The summed E-state index contributed by atoms with van der Waals surface area (Å²) in [6.07, 6.45) is 6.78. The van der Waals surface area contributed by atoms with E-state index in [1.807, 2.05) is 11.3 Å². The molecule has 4 heteroatoms. The van der Waals surface area contributed by atoms with Gasteiger partial charge in [-0.3, -0.25) is 4.90 Å². The molecule has 2 heterocycles. The van der Waals surface area contributed by atoms with Gasteiger partial charge >= 0.3 is 0 Å². The lowest BCUT2D eigenvalue weighted by atomic mass is 10.1. The molecule has 1 aliphatic heterocycles. The second kappa shape index (κ2) is 7.73. The minimum atomic E-state index is 0.546. The van der Waals surface area contributed by atoms with Crippen molar-refractivity contribution in [3.05, 3.63) is 21.4 Å². The summed E-state index contributed by atoms with van der Waals surface area (Å²) < 4.78 is 5.41. The Hall–Kier alpha value is -0.420. The van der Waals surface area contributed by atoms with Crippen molar-refractivity contribution in [3.8, 4) is 0 Å². The lowest BCUT2D eigenvalue weighted by molar-refractivity contribution is 0.0343. The molecule has 118 valence electrons. The number of thiophene rings is 1. The van der Waals surface area contributed by atoms with E-state index in [0.29, 0.717) is 6.04 Å². The van der Waals surface area contributed by atoms with Gasteiger partial charge in [-0.25, -0.2) is 0 Å². The first-order chi connectivity index (χ1) is 10.3. The molecule has 0 radical (unpaired) electrons. The van der Waals surface area contributed by atoms with Gasteiger partial charge in [-0.05, 0) is 44.2 Å². The van der Waals surface area contributed by atoms with Crippen molar-refractivity contribution in [2.45, 2.75) is 51.6 Å². The Balaban J connectivity index is 1.46. The maximum atomic E-state index is 5.41. The number of ether oxygens (including phenoxy) is 1. The highest BCUT2D eigenvalue weighted by atomic mass is 32.1. The molecular weight excluding hydrogens is 280 g/mol. The second-order valence-corrected chi connectivity index (χ2v) is 7.64. The Bertz CT molecular complexity index is 416. The number of nitrogens with one attached hydrogen (secondary N) is 1. The molecule has 1 unspecified atom stereocenters. The Kier molecular flexibility index (Phi) is 5.69. The molecule has 0 bridgehead atoms. The van der Waals surface area contributed by atoms with Crippen molar-refractivity contribution in [2.75, 3.05) is 32.8 Å². The topological polar surface area (TPSA) is 24.5 Å². The highest BCUT2D eigenvalue weighted by molar-refractivity contribution is 7.12. The first-order valence-corrected chi connectivity index (χ1v) is 9.27. The largest absolute Gasteiger partial charge is 0.379 e. The third kappa shape index (κ3) is 4.52. The highest BCUT2D eigenvalue weighted by Gasteiger charge is 2.15. The number of fused-ring (bicyclic) bond motifs is 1. The van der Waals surface area contributed by atoms with Crippen molar-refractivity contribution in [1.82, 2.24) is 10.2 Å². The SMILES string of the molecule is CC(CN1CCOCC1)NCc1cc2c(s1)CCCCC2. The second-order valence-electron chi connectivity index (χ2n) is 6.42. The van der Waals surface area contributed by atoms with Crippen LogP contribution < -0.4 is 5.32 Å². The van der Waals surface area contributed by atoms with Crippen LogP contribution in [0.3, 0.4) is 0 Å². The average Bonchev–Trinajstić information content (AvgIpc) is 2.76. The Morgan fingerprint density at radius 1 is 1.24 bits per heavy atom. The Morgan fingerprint density at radius 2 is 2.05 bits per heavy atom. The summed E-state index contributed by atoms with van der Waals surface area (Å²) in [6, 6.07) is 3.00. The fraction of sp³-hybridized carbons (Fsp3) is 0.765. The van der Waals surface area contributed by atoms with E-state index in [-0.39, 0.29) is 0 Å². The van der Waals surface area contributed by atoms with Gasteiger partial charge in [-0.15, -0.1) is 11.3 Å². The van der Waals surface area contributed by atoms with E-state index < -0.39 is 0 Å². The summed E-state index contributed by atoms with van der Waals surface area (Å²) in [5.74, 6) is 0. The van der Waals surface area contributed by atoms with Crippen LogP contribution in [0.5, 0.6) is 0 Å². The van der Waals surface area contributed by atoms with Gasteiger partial charge in [0, 0.05) is 42.0 Å². The molecule has 2 aliphatic rings. The van der Waals surface area contributed by atoms with Crippen LogP contribution in [0.25, 0.3) is 0 Å². The molecule has 1 fully saturated rings. The fourth-order valence-corrected chi connectivity index (χ4v) is 4.54. The monoisotopic (exact) mass is 308 g/mol. The summed E-state index contributed by atoms with van der Waals surface area (Å²) in [5, 5.41) is 3.70. The zero-order valence-electron chi connectivity index (χ0n) is 13.2. The van der Waals surface area contributed by atoms with Crippen LogP contribution in [0.15, 0.2) is 6.07 Å². The van der Waals surface area contributed by atoms with Gasteiger partial charge < -0.3 is 10.1 Å². The summed E-state index contributed by atoms with van der Waals surface area (Å²) >= 11 is 2.04. The number of morpholine rings is 1. The third-order valence-corrected chi connectivity index (χ3v) is 5.80. The normalized spacial score (nSPS) is 21.8. The molecule has 21 heavy (non-hydrogen) atoms. The smallest absolute Gasteiger partial charge is 0.0594 e. The molecule has 3 nitrogen and oxygen atoms in total. The van der Waals surface area contributed by atoms with Gasteiger partial charge in [-0.1, -0.05) is 6.42 Å². The molecule has 3 rings (SSSR count). The Morgan fingerprint density at radius 3 is 2.90 bits per heavy atom. The molecular formula is C17H28N2OS. The average molecular weight is 308 g/mol. The molecule has 1 aromatic rings. The molecule has 1 aliphatic carbocycles. The minimum Gasteiger partial charge on any atom is -0.379 e. The van der Waals surface area contributed by atoms with Gasteiger partial charge in [0.05, 0.1) is 13.2 Å². The third-order valence-electron chi connectivity index (χ3n) is 4.56. The molecule has 0 saturated carbocycles. The highest BCUT2D eigenvalue weighted by Crippen LogP contribution is 2.28. The number of aryl methyl sites for hydroxylation is 2. The van der Waals surface area contributed by atoms with Crippen LogP contribution in [0.2, 0.25) is 0 Å². The fourth-order valence-electron chi connectivity index (χ4n) is 3.33. The molecule has 0 spiro atoms. The van der Waals surface area contributed by atoms with Gasteiger partial charge in [0.25, 0.3) is 0 Å². The summed E-state index contributed by atoms with van der Waals surface area (Å²) in [6.45, 7) is 8.42. The molecule has 0 amide bonds. The number of hydrogen-bond donors (Lipinski definition) is 1. The van der Waals surface area contributed by atoms with E-state index >= 15 is 0 Å². The maximum absolute atomic E-state index is 5.41. The summed E-state index contributed by atoms with van der Waals surface area (Å²) in [4.78, 5) is 5.69. The van der Waals surface area contributed by atoms with Crippen LogP contribution in [-0.4, -0.2) is 43.8 Å². The molecule has 0 aromatic carbocycles. The Labute approximate surface area is 132 Å². The van der Waals surface area contributed by atoms with E-state index in [1.165, 1.54) is 37.0 Å². The number of rotatable bonds is 5. The molecule has 1 atom stereocenters. The van der Waals surface area contributed by atoms with Crippen molar-refractivity contribution in [1.29, 1.82) is 0 Å². The lowest BCUT2D eigenvalue weighted by Crippen LogP contribution is -2.44. The quantitative estimate of drug-likeness (QED) is 0.847. The van der Waals surface area contributed by atoms with Crippen molar-refractivity contribution in [3.63, 3.8) is 0 Å². The van der Waals surface area contributed by atoms with Crippen molar-refractivity contribution >= 4 is 11.3 Å². The zero-order valence-corrected chi connectivity index (χ0v) is 14.0. The molecule has 1 saturated heterocycles. The first-order valence-electron chi connectivity index (χ1n) is 8.45. The van der Waals surface area contributed by atoms with Crippen LogP contribution in [0.1, 0.15) is 41.5 Å². The van der Waals surface area contributed by atoms with E-state index in [2.05, 4.69) is 23.2 Å². The van der Waals surface area contributed by atoms with Gasteiger partial charge in [-0.2, -0.15) is 0 Å². The zero-order chi connectivity index (χ0) is 14.5. The van der Waals surface area contributed by atoms with E-state index in [1.54, 1.807) is 10.4 Å². The summed E-state index contributed by atoms with van der Waals surface area (Å²) in [5.41, 5.74) is 1.63. The number of nitrogens with zero attached hydrogens (tertiary/aromatic N) is 1. The summed E-state index contributed by atoms with van der Waals surface area (Å²) in [7, 11) is 0. The minimum absolute atomic E-state index is 0.546. The van der Waals surface area contributed by atoms with E-state index in [9.17, 15) is 0 Å². The lowest BCUT2D eigenvalue weighted by Gasteiger charge is -2.29. The van der Waals surface area contributed by atoms with Crippen molar-refractivity contribution in [2.24, 2.45) is 0 Å². The van der Waals surface area contributed by atoms with Crippen LogP contribution >= 0.6 is 11.3 Å². The van der Waals surface area contributed by atoms with Crippen LogP contribution in [0.4, 0.5) is 0 Å². The van der Waals surface area contributed by atoms with Crippen molar-refractivity contribution < 1.29 is 4.74 Å². The first kappa shape index (κ1) is 15.5. The molecule has 1 aromatic heterocycles. The number of hydrogen-bond acceptors (Lipinski definition) is 4. The molecule has 1 N–H and O–H groups in total. The standard InChI is InChI=1S/C17H28N2OS/c1-14(13-19-7-9-20-10-8-19)18-12-16-11-15-5-3-2-4-6-17(15)21-16/h11,14,18H,2-10,12-13H2,1H3. The maximum Gasteiger partial charge on any atom is 0.0594 e. The van der Waals surface area contributed by atoms with Gasteiger partial charge in [0.2, 0.25) is 0 Å². The van der Waals surface area contributed by atoms with E-state index in [0.717, 1.165) is 39.4 Å². The van der Waals surface area contributed by atoms with Crippen LogP contribution in [0, 0.1) is 0 Å². The van der Waals surface area contributed by atoms with Gasteiger partial charge in [0.1, 0.15) is 0 Å². The predicted molar refractivity (Wildman–Crippen MR) is 89.1 cm³/mol. The predicted octanol–water partition coefficient (Wildman–Crippen LogP) is 2.83. The van der Waals surface area contributed by atoms with Gasteiger partial charge in [0.15, 0.2) is 0 Å². The van der Waals surface area contributed by atoms with E-state index in [4.69, 9.17) is 4.74 Å².